The number of halogens is 2. The van der Waals surface area contributed by atoms with Crippen LogP contribution in [0.4, 0.5) is 25.0 Å². The fraction of sp³-hybridized carbons (Fsp3) is 0.167. The monoisotopic (exact) mass is 451 g/mol. The number of benzene rings is 3. The van der Waals surface area contributed by atoms with Crippen LogP contribution in [0.2, 0.25) is 0 Å². The van der Waals surface area contributed by atoms with Crippen LogP contribution in [0.1, 0.15) is 11.1 Å². The summed E-state index contributed by atoms with van der Waals surface area (Å²) >= 11 is 1.32. The Labute approximate surface area is 188 Å². The molecule has 1 spiro atoms. The van der Waals surface area contributed by atoms with Crippen molar-refractivity contribution in [3.8, 4) is 0 Å². The molecule has 1 saturated heterocycles. The van der Waals surface area contributed by atoms with E-state index in [1.54, 1.807) is 11.0 Å². The van der Waals surface area contributed by atoms with Gasteiger partial charge in [-0.2, -0.15) is 0 Å². The minimum Gasteiger partial charge on any atom is -0.308 e. The van der Waals surface area contributed by atoms with E-state index in [-0.39, 0.29) is 5.91 Å². The zero-order valence-electron chi connectivity index (χ0n) is 16.9. The minimum atomic E-state index is -1.35. The molecular formula is C24H19F2N3O2S. The molecule has 5 rings (SSSR count). The van der Waals surface area contributed by atoms with E-state index in [4.69, 9.17) is 0 Å². The molecule has 0 aromatic heterocycles. The molecule has 8 heteroatoms. The van der Waals surface area contributed by atoms with Crippen molar-refractivity contribution in [2.24, 2.45) is 0 Å². The number of nitrogens with zero attached hydrogens (tertiary/aromatic N) is 2. The normalized spacial score (nSPS) is 19.5. The molecule has 5 nitrogen and oxygen atoms in total. The average molecular weight is 451 g/mol. The molecule has 3 amide bonds. The summed E-state index contributed by atoms with van der Waals surface area (Å²) in [6.07, 6.45) is 0. The number of rotatable bonds is 3. The first-order valence-electron chi connectivity index (χ1n) is 10.1. The number of hydrogen-bond donors (Lipinski definition) is 1. The SMILES string of the molecule is O=C(Nc1ccc(F)cc1)N1CCS[C@]12C(=O)N(Cc1ccccc1)c1ccc(F)cc12. The van der Waals surface area contributed by atoms with Crippen LogP contribution in [0.15, 0.2) is 72.8 Å². The second-order valence-electron chi connectivity index (χ2n) is 7.62. The van der Waals surface area contributed by atoms with Gasteiger partial charge < -0.3 is 10.2 Å². The molecule has 2 aliphatic rings. The maximum absolute atomic E-state index is 14.3. The Morgan fingerprint density at radius 3 is 2.47 bits per heavy atom. The van der Waals surface area contributed by atoms with E-state index in [0.29, 0.717) is 35.8 Å². The van der Waals surface area contributed by atoms with Crippen molar-refractivity contribution in [1.29, 1.82) is 0 Å². The van der Waals surface area contributed by atoms with Crippen molar-refractivity contribution >= 4 is 35.1 Å². The van der Waals surface area contributed by atoms with Crippen molar-refractivity contribution < 1.29 is 18.4 Å². The summed E-state index contributed by atoms with van der Waals surface area (Å²) in [5.74, 6) is -0.636. The van der Waals surface area contributed by atoms with Gasteiger partial charge in [0.1, 0.15) is 11.6 Å². The molecule has 3 aromatic rings. The average Bonchev–Trinajstić information content (AvgIpc) is 3.33. The smallest absolute Gasteiger partial charge is 0.308 e. The molecule has 2 aliphatic heterocycles. The second-order valence-corrected chi connectivity index (χ2v) is 8.91. The maximum atomic E-state index is 14.3. The molecule has 0 unspecified atom stereocenters. The van der Waals surface area contributed by atoms with Crippen LogP contribution in [0.5, 0.6) is 0 Å². The Kier molecular flexibility index (Phi) is 5.09. The van der Waals surface area contributed by atoms with Gasteiger partial charge in [0.15, 0.2) is 4.87 Å². The van der Waals surface area contributed by atoms with Gasteiger partial charge in [0.2, 0.25) is 0 Å². The van der Waals surface area contributed by atoms with Crippen molar-refractivity contribution in [3.63, 3.8) is 0 Å². The molecule has 0 saturated carbocycles. The number of carbonyl (C=O) groups excluding carboxylic acids is 2. The van der Waals surface area contributed by atoms with Gasteiger partial charge in [0.05, 0.1) is 12.2 Å². The first kappa shape index (κ1) is 20.5. The lowest BCUT2D eigenvalue weighted by Crippen LogP contribution is -2.51. The van der Waals surface area contributed by atoms with Crippen LogP contribution in [0.3, 0.4) is 0 Å². The van der Waals surface area contributed by atoms with Gasteiger partial charge in [-0.05, 0) is 48.0 Å². The highest BCUT2D eigenvalue weighted by Gasteiger charge is 2.59. The number of urea groups is 1. The first-order valence-corrected chi connectivity index (χ1v) is 11.1. The van der Waals surface area contributed by atoms with E-state index in [9.17, 15) is 18.4 Å². The van der Waals surface area contributed by atoms with E-state index in [1.165, 1.54) is 53.1 Å². The van der Waals surface area contributed by atoms with Crippen LogP contribution in [-0.2, 0) is 16.2 Å². The van der Waals surface area contributed by atoms with Crippen molar-refractivity contribution in [2.45, 2.75) is 11.4 Å². The van der Waals surface area contributed by atoms with Crippen LogP contribution in [-0.4, -0.2) is 29.1 Å². The summed E-state index contributed by atoms with van der Waals surface area (Å²) in [5, 5.41) is 2.74. The topological polar surface area (TPSA) is 52.7 Å². The Hall–Kier alpha value is -3.39. The number of fused-ring (bicyclic) bond motifs is 2. The number of nitrogens with one attached hydrogen (secondary N) is 1. The van der Waals surface area contributed by atoms with E-state index in [2.05, 4.69) is 5.32 Å². The molecule has 3 aromatic carbocycles. The van der Waals surface area contributed by atoms with Gasteiger partial charge >= 0.3 is 6.03 Å². The van der Waals surface area contributed by atoms with Crippen molar-refractivity contribution in [2.75, 3.05) is 22.5 Å². The van der Waals surface area contributed by atoms with Gasteiger partial charge in [-0.3, -0.25) is 9.69 Å². The first-order chi connectivity index (χ1) is 15.5. The van der Waals surface area contributed by atoms with Crippen LogP contribution in [0.25, 0.3) is 0 Å². The zero-order valence-corrected chi connectivity index (χ0v) is 17.7. The van der Waals surface area contributed by atoms with Crippen molar-refractivity contribution in [1.82, 2.24) is 4.90 Å². The molecule has 1 N–H and O–H groups in total. The highest BCUT2D eigenvalue weighted by Crippen LogP contribution is 2.54. The highest BCUT2D eigenvalue weighted by atomic mass is 32.2. The fourth-order valence-corrected chi connectivity index (χ4v) is 5.69. The molecular weight excluding hydrogens is 432 g/mol. The lowest BCUT2D eigenvalue weighted by Gasteiger charge is -2.33. The number of amides is 3. The Morgan fingerprint density at radius 2 is 1.72 bits per heavy atom. The van der Waals surface area contributed by atoms with Gasteiger partial charge in [-0.15, -0.1) is 11.8 Å². The molecule has 1 fully saturated rings. The zero-order chi connectivity index (χ0) is 22.3. The van der Waals surface area contributed by atoms with Gasteiger partial charge in [-0.1, -0.05) is 30.3 Å². The fourth-order valence-electron chi connectivity index (χ4n) is 4.23. The van der Waals surface area contributed by atoms with Gasteiger partial charge in [-0.25, -0.2) is 13.6 Å². The summed E-state index contributed by atoms with van der Waals surface area (Å²) in [4.78, 5) is 28.7. The third-order valence-electron chi connectivity index (χ3n) is 5.68. The number of carbonyl (C=O) groups is 2. The number of anilines is 2. The van der Waals surface area contributed by atoms with Crippen molar-refractivity contribution in [3.05, 3.63) is 95.6 Å². The standard InChI is InChI=1S/C24H19F2N3O2S/c25-17-6-9-19(10-7-17)27-23(31)29-12-13-32-24(29)20-14-18(26)8-11-21(20)28(22(24)30)15-16-4-2-1-3-5-16/h1-11,14H,12-13,15H2,(H,27,31)/t24-/m1/s1. The van der Waals surface area contributed by atoms with Crippen LogP contribution < -0.4 is 10.2 Å². The summed E-state index contributed by atoms with van der Waals surface area (Å²) in [6.45, 7) is 0.632. The summed E-state index contributed by atoms with van der Waals surface area (Å²) < 4.78 is 27.5. The van der Waals surface area contributed by atoms with Gasteiger partial charge in [0.25, 0.3) is 5.91 Å². The van der Waals surface area contributed by atoms with E-state index in [1.807, 2.05) is 30.3 Å². The summed E-state index contributed by atoms with van der Waals surface area (Å²) in [5.41, 5.74) is 2.40. The van der Waals surface area contributed by atoms with E-state index >= 15 is 0 Å². The predicted octanol–water partition coefficient (Wildman–Crippen LogP) is 4.95. The highest BCUT2D eigenvalue weighted by molar-refractivity contribution is 8.01. The Bertz CT molecular complexity index is 1190. The number of hydrogen-bond acceptors (Lipinski definition) is 3. The Morgan fingerprint density at radius 1 is 1.00 bits per heavy atom. The molecule has 0 bridgehead atoms. The predicted molar refractivity (Wildman–Crippen MR) is 120 cm³/mol. The summed E-state index contributed by atoms with van der Waals surface area (Å²) in [6, 6.07) is 18.7. The van der Waals surface area contributed by atoms with E-state index in [0.717, 1.165) is 5.56 Å². The third kappa shape index (κ3) is 3.31. The van der Waals surface area contributed by atoms with Crippen LogP contribution >= 0.6 is 11.8 Å². The summed E-state index contributed by atoms with van der Waals surface area (Å²) in [7, 11) is 0. The minimum absolute atomic E-state index is 0.279. The largest absolute Gasteiger partial charge is 0.323 e. The lowest BCUT2D eigenvalue weighted by atomic mass is 10.1. The van der Waals surface area contributed by atoms with Crippen LogP contribution in [0, 0.1) is 11.6 Å². The maximum Gasteiger partial charge on any atom is 0.323 e. The lowest BCUT2D eigenvalue weighted by molar-refractivity contribution is -0.123. The third-order valence-corrected chi connectivity index (χ3v) is 7.10. The number of thioether (sulfide) groups is 1. The Balaban J connectivity index is 1.53. The molecule has 162 valence electrons. The van der Waals surface area contributed by atoms with E-state index < -0.39 is 22.5 Å². The molecule has 2 heterocycles. The molecule has 1 atom stereocenters. The molecule has 0 radical (unpaired) electrons. The quantitative estimate of drug-likeness (QED) is 0.613. The molecule has 0 aliphatic carbocycles. The molecule has 32 heavy (non-hydrogen) atoms. The second kappa shape index (κ2) is 7.94. The van der Waals surface area contributed by atoms with Gasteiger partial charge in [0, 0.05) is 23.5 Å².